The topological polar surface area (TPSA) is 41.1 Å². The minimum absolute atomic E-state index is 0.0453. The molecule has 0 aliphatic carbocycles. The minimum atomic E-state index is -0.707. The van der Waals surface area contributed by atoms with Gasteiger partial charge in [0.05, 0.1) is 5.69 Å². The Balaban J connectivity index is 2.18. The van der Waals surface area contributed by atoms with Crippen molar-refractivity contribution in [2.75, 3.05) is 10.6 Å². The fourth-order valence-corrected chi connectivity index (χ4v) is 1.83. The Hall–Kier alpha value is -2.50. The van der Waals surface area contributed by atoms with E-state index in [4.69, 9.17) is 0 Å². The van der Waals surface area contributed by atoms with E-state index in [0.29, 0.717) is 5.69 Å². The van der Waals surface area contributed by atoms with Gasteiger partial charge in [-0.2, -0.15) is 0 Å². The number of amides is 1. The van der Waals surface area contributed by atoms with Gasteiger partial charge in [0.1, 0.15) is 17.5 Å². The Morgan fingerprint density at radius 2 is 1.71 bits per heavy atom. The number of rotatable bonds is 4. The van der Waals surface area contributed by atoms with Crippen LogP contribution in [0.15, 0.2) is 36.4 Å². The quantitative estimate of drug-likeness (QED) is 0.903. The summed E-state index contributed by atoms with van der Waals surface area (Å²) in [6.07, 6.45) is 0. The fraction of sp³-hybridized carbons (Fsp3) is 0.133. The van der Waals surface area contributed by atoms with Crippen molar-refractivity contribution >= 4 is 17.3 Å². The Bertz CT molecular complexity index is 654. The molecule has 3 nitrogen and oxygen atoms in total. The molecule has 21 heavy (non-hydrogen) atoms. The van der Waals surface area contributed by atoms with Gasteiger partial charge in [-0.05, 0) is 30.3 Å². The molecule has 2 rings (SSSR count). The molecule has 0 aromatic heterocycles. The van der Waals surface area contributed by atoms with Gasteiger partial charge in [-0.3, -0.25) is 4.79 Å². The molecule has 110 valence electrons. The first-order valence-corrected chi connectivity index (χ1v) is 6.21. The SMILES string of the molecule is CC(=O)Nc1ccc(F)c(NCc2c(F)cccc2F)c1. The van der Waals surface area contributed by atoms with E-state index >= 15 is 0 Å². The van der Waals surface area contributed by atoms with Crippen LogP contribution >= 0.6 is 0 Å². The molecule has 2 aromatic carbocycles. The first-order valence-electron chi connectivity index (χ1n) is 6.21. The zero-order valence-corrected chi connectivity index (χ0v) is 11.2. The highest BCUT2D eigenvalue weighted by Gasteiger charge is 2.10. The van der Waals surface area contributed by atoms with E-state index in [9.17, 15) is 18.0 Å². The van der Waals surface area contributed by atoms with Crippen molar-refractivity contribution in [3.8, 4) is 0 Å². The summed E-state index contributed by atoms with van der Waals surface area (Å²) in [5.41, 5.74) is 0.256. The van der Waals surface area contributed by atoms with Crippen LogP contribution in [-0.2, 0) is 11.3 Å². The number of carbonyl (C=O) groups excluding carboxylic acids is 1. The normalized spacial score (nSPS) is 10.3. The molecule has 2 N–H and O–H groups in total. The van der Waals surface area contributed by atoms with Gasteiger partial charge < -0.3 is 10.6 Å². The second-order valence-electron chi connectivity index (χ2n) is 4.43. The molecule has 2 aromatic rings. The van der Waals surface area contributed by atoms with Crippen LogP contribution in [0, 0.1) is 17.5 Å². The van der Waals surface area contributed by atoms with Crippen LogP contribution in [-0.4, -0.2) is 5.91 Å². The molecule has 0 saturated carbocycles. The summed E-state index contributed by atoms with van der Waals surface area (Å²) in [6, 6.07) is 7.42. The van der Waals surface area contributed by atoms with Crippen LogP contribution in [0.25, 0.3) is 0 Å². The summed E-state index contributed by atoms with van der Waals surface area (Å²) < 4.78 is 40.6. The number of hydrogen-bond acceptors (Lipinski definition) is 2. The molecular weight excluding hydrogens is 281 g/mol. The summed E-state index contributed by atoms with van der Waals surface area (Å²) in [5, 5.41) is 5.12. The lowest BCUT2D eigenvalue weighted by Gasteiger charge is -2.11. The van der Waals surface area contributed by atoms with E-state index < -0.39 is 17.5 Å². The monoisotopic (exact) mass is 294 g/mol. The Kier molecular flexibility index (Phi) is 4.47. The van der Waals surface area contributed by atoms with Crippen molar-refractivity contribution in [1.82, 2.24) is 0 Å². The maximum Gasteiger partial charge on any atom is 0.221 e. The maximum atomic E-state index is 13.6. The summed E-state index contributed by atoms with van der Waals surface area (Å²) in [7, 11) is 0. The predicted octanol–water partition coefficient (Wildman–Crippen LogP) is 3.67. The molecule has 0 heterocycles. The molecule has 0 bridgehead atoms. The smallest absolute Gasteiger partial charge is 0.221 e. The zero-order valence-electron chi connectivity index (χ0n) is 11.2. The van der Waals surface area contributed by atoms with E-state index in [1.54, 1.807) is 0 Å². The van der Waals surface area contributed by atoms with E-state index in [1.807, 2.05) is 0 Å². The number of anilines is 2. The Morgan fingerprint density at radius 1 is 1.05 bits per heavy atom. The van der Waals surface area contributed by atoms with Gasteiger partial charge in [0.25, 0.3) is 0 Å². The third-order valence-corrected chi connectivity index (χ3v) is 2.80. The van der Waals surface area contributed by atoms with Gasteiger partial charge in [-0.25, -0.2) is 13.2 Å². The van der Waals surface area contributed by atoms with Crippen LogP contribution in [0.1, 0.15) is 12.5 Å². The van der Waals surface area contributed by atoms with Crippen molar-refractivity contribution in [1.29, 1.82) is 0 Å². The molecular formula is C15H13F3N2O. The van der Waals surface area contributed by atoms with Gasteiger partial charge in [-0.15, -0.1) is 0 Å². The second-order valence-corrected chi connectivity index (χ2v) is 4.43. The summed E-state index contributed by atoms with van der Waals surface area (Å²) in [4.78, 5) is 11.0. The molecule has 0 fully saturated rings. The van der Waals surface area contributed by atoms with Crippen LogP contribution in [0.2, 0.25) is 0 Å². The molecule has 0 saturated heterocycles. The Labute approximate surface area is 119 Å². The van der Waals surface area contributed by atoms with E-state index in [2.05, 4.69) is 10.6 Å². The first kappa shape index (κ1) is 14.9. The molecule has 0 aliphatic rings. The van der Waals surface area contributed by atoms with Crippen molar-refractivity contribution in [3.05, 3.63) is 59.4 Å². The fourth-order valence-electron chi connectivity index (χ4n) is 1.83. The molecule has 1 amide bonds. The summed E-state index contributed by atoms with van der Waals surface area (Å²) in [5.74, 6) is -2.30. The van der Waals surface area contributed by atoms with E-state index in [0.717, 1.165) is 18.2 Å². The van der Waals surface area contributed by atoms with Gasteiger partial charge >= 0.3 is 0 Å². The lowest BCUT2D eigenvalue weighted by atomic mass is 10.2. The minimum Gasteiger partial charge on any atom is -0.378 e. The molecule has 0 atom stereocenters. The number of benzene rings is 2. The maximum absolute atomic E-state index is 13.6. The van der Waals surface area contributed by atoms with Crippen LogP contribution in [0.3, 0.4) is 0 Å². The third-order valence-electron chi connectivity index (χ3n) is 2.80. The van der Waals surface area contributed by atoms with Crippen LogP contribution in [0.5, 0.6) is 0 Å². The first-order chi connectivity index (χ1) is 9.97. The van der Waals surface area contributed by atoms with Crippen LogP contribution < -0.4 is 10.6 Å². The lowest BCUT2D eigenvalue weighted by Crippen LogP contribution is -2.08. The van der Waals surface area contributed by atoms with E-state index in [1.165, 1.54) is 25.1 Å². The highest BCUT2D eigenvalue weighted by molar-refractivity contribution is 5.89. The van der Waals surface area contributed by atoms with Crippen molar-refractivity contribution in [2.45, 2.75) is 13.5 Å². The highest BCUT2D eigenvalue weighted by atomic mass is 19.1. The standard InChI is InChI=1S/C15H13F3N2O/c1-9(21)20-10-5-6-14(18)15(7-10)19-8-11-12(16)3-2-4-13(11)17/h2-7,19H,8H2,1H3,(H,20,21). The average Bonchev–Trinajstić information content (AvgIpc) is 2.41. The van der Waals surface area contributed by atoms with Gasteiger partial charge in [0, 0.05) is 24.7 Å². The molecule has 6 heteroatoms. The zero-order chi connectivity index (χ0) is 15.4. The molecule has 0 aliphatic heterocycles. The van der Waals surface area contributed by atoms with Crippen molar-refractivity contribution < 1.29 is 18.0 Å². The highest BCUT2D eigenvalue weighted by Crippen LogP contribution is 2.21. The number of halogens is 3. The summed E-state index contributed by atoms with van der Waals surface area (Å²) in [6.45, 7) is 1.12. The van der Waals surface area contributed by atoms with Crippen LogP contribution in [0.4, 0.5) is 24.5 Å². The molecule has 0 unspecified atom stereocenters. The third kappa shape index (κ3) is 3.75. The van der Waals surface area contributed by atoms with Gasteiger partial charge in [0.2, 0.25) is 5.91 Å². The van der Waals surface area contributed by atoms with E-state index in [-0.39, 0.29) is 23.7 Å². The molecule has 0 radical (unpaired) electrons. The van der Waals surface area contributed by atoms with Gasteiger partial charge in [-0.1, -0.05) is 6.07 Å². The average molecular weight is 294 g/mol. The second kappa shape index (κ2) is 6.30. The van der Waals surface area contributed by atoms with Gasteiger partial charge in [0.15, 0.2) is 0 Å². The number of nitrogens with one attached hydrogen (secondary N) is 2. The van der Waals surface area contributed by atoms with Crippen molar-refractivity contribution in [2.24, 2.45) is 0 Å². The van der Waals surface area contributed by atoms with Crippen molar-refractivity contribution in [3.63, 3.8) is 0 Å². The number of hydrogen-bond donors (Lipinski definition) is 2. The lowest BCUT2D eigenvalue weighted by molar-refractivity contribution is -0.114. The largest absolute Gasteiger partial charge is 0.378 e. The number of carbonyl (C=O) groups is 1. The summed E-state index contributed by atoms with van der Waals surface area (Å²) >= 11 is 0. The Morgan fingerprint density at radius 3 is 2.33 bits per heavy atom. The predicted molar refractivity (Wildman–Crippen MR) is 74.4 cm³/mol. The molecule has 0 spiro atoms.